The molecular formula is C11H9N3S2. The molecule has 3 aromatic rings. The molecule has 3 N–H and O–H groups in total. The van der Waals surface area contributed by atoms with Crippen LogP contribution in [0.25, 0.3) is 10.2 Å². The van der Waals surface area contributed by atoms with E-state index in [4.69, 9.17) is 5.73 Å². The van der Waals surface area contributed by atoms with Crippen molar-refractivity contribution in [2.45, 2.75) is 0 Å². The maximum Gasteiger partial charge on any atom is 0.188 e. The summed E-state index contributed by atoms with van der Waals surface area (Å²) >= 11 is 3.27. The molecule has 2 aromatic heterocycles. The third kappa shape index (κ3) is 1.75. The Morgan fingerprint density at radius 2 is 2.19 bits per heavy atom. The third-order valence-electron chi connectivity index (χ3n) is 2.18. The van der Waals surface area contributed by atoms with Gasteiger partial charge in [0.1, 0.15) is 0 Å². The Balaban J connectivity index is 1.99. The molecule has 0 bridgehead atoms. The number of anilines is 3. The monoisotopic (exact) mass is 247 g/mol. The molecule has 3 rings (SSSR count). The van der Waals surface area contributed by atoms with Gasteiger partial charge in [-0.15, -0.1) is 0 Å². The van der Waals surface area contributed by atoms with E-state index in [9.17, 15) is 0 Å². The first-order valence-corrected chi connectivity index (χ1v) is 6.52. The van der Waals surface area contributed by atoms with E-state index >= 15 is 0 Å². The highest BCUT2D eigenvalue weighted by molar-refractivity contribution is 7.22. The lowest BCUT2D eigenvalue weighted by Crippen LogP contribution is -1.85. The van der Waals surface area contributed by atoms with Gasteiger partial charge in [0, 0.05) is 11.1 Å². The number of rotatable bonds is 2. The molecule has 0 fully saturated rings. The van der Waals surface area contributed by atoms with Crippen molar-refractivity contribution in [1.82, 2.24) is 4.98 Å². The van der Waals surface area contributed by atoms with Gasteiger partial charge < -0.3 is 11.1 Å². The Hall–Kier alpha value is -1.59. The van der Waals surface area contributed by atoms with Crippen LogP contribution in [0, 0.1) is 0 Å². The molecule has 0 unspecified atom stereocenters. The number of nitrogens with one attached hydrogen (secondary N) is 1. The molecule has 0 spiro atoms. The number of nitrogens with zero attached hydrogens (tertiary/aromatic N) is 1. The molecular weight excluding hydrogens is 238 g/mol. The molecule has 0 aliphatic rings. The second-order valence-corrected chi connectivity index (χ2v) is 5.19. The first kappa shape index (κ1) is 9.62. The van der Waals surface area contributed by atoms with Gasteiger partial charge in [-0.3, -0.25) is 0 Å². The highest BCUT2D eigenvalue weighted by Gasteiger charge is 2.04. The Bertz CT molecular complexity index is 613. The average Bonchev–Trinajstić information content (AvgIpc) is 2.86. The fourth-order valence-corrected chi connectivity index (χ4v) is 2.98. The van der Waals surface area contributed by atoms with Gasteiger partial charge in [0.25, 0.3) is 0 Å². The van der Waals surface area contributed by atoms with E-state index in [1.807, 2.05) is 29.6 Å². The highest BCUT2D eigenvalue weighted by Crippen LogP contribution is 2.29. The minimum atomic E-state index is 0.776. The zero-order chi connectivity index (χ0) is 11.0. The molecule has 3 nitrogen and oxygen atoms in total. The molecule has 0 aliphatic carbocycles. The topological polar surface area (TPSA) is 50.9 Å². The minimum Gasteiger partial charge on any atom is -0.399 e. The van der Waals surface area contributed by atoms with Gasteiger partial charge in [0.05, 0.1) is 15.9 Å². The van der Waals surface area contributed by atoms with E-state index in [1.54, 1.807) is 22.7 Å². The molecule has 0 amide bonds. The van der Waals surface area contributed by atoms with Crippen LogP contribution < -0.4 is 11.1 Å². The number of hydrogen-bond acceptors (Lipinski definition) is 5. The van der Waals surface area contributed by atoms with Crippen LogP contribution in [0.4, 0.5) is 16.5 Å². The normalized spacial score (nSPS) is 10.8. The molecule has 0 atom stereocenters. The molecule has 5 heteroatoms. The van der Waals surface area contributed by atoms with Gasteiger partial charge in [0.2, 0.25) is 0 Å². The van der Waals surface area contributed by atoms with Crippen molar-refractivity contribution in [3.8, 4) is 0 Å². The van der Waals surface area contributed by atoms with Crippen molar-refractivity contribution in [2.75, 3.05) is 11.1 Å². The van der Waals surface area contributed by atoms with Crippen molar-refractivity contribution in [3.63, 3.8) is 0 Å². The zero-order valence-electron chi connectivity index (χ0n) is 8.31. The van der Waals surface area contributed by atoms with E-state index in [0.717, 1.165) is 26.7 Å². The number of hydrogen-bond donors (Lipinski definition) is 2. The lowest BCUT2D eigenvalue weighted by molar-refractivity contribution is 1.45. The summed E-state index contributed by atoms with van der Waals surface area (Å²) in [6, 6.07) is 7.80. The Labute approximate surface area is 101 Å². The maximum atomic E-state index is 5.73. The quantitative estimate of drug-likeness (QED) is 0.679. The second-order valence-electron chi connectivity index (χ2n) is 3.38. The third-order valence-corrected chi connectivity index (χ3v) is 3.80. The predicted molar refractivity (Wildman–Crippen MR) is 71.6 cm³/mol. The van der Waals surface area contributed by atoms with Gasteiger partial charge >= 0.3 is 0 Å². The number of aromatic nitrogens is 1. The lowest BCUT2D eigenvalue weighted by Gasteiger charge is -1.95. The Kier molecular flexibility index (Phi) is 2.27. The molecule has 0 saturated carbocycles. The summed E-state index contributed by atoms with van der Waals surface area (Å²) < 4.78 is 1.11. The number of fused-ring (bicyclic) bond motifs is 1. The van der Waals surface area contributed by atoms with E-state index < -0.39 is 0 Å². The summed E-state index contributed by atoms with van der Waals surface area (Å²) in [5.41, 5.74) is 8.57. The summed E-state index contributed by atoms with van der Waals surface area (Å²) in [5.74, 6) is 0. The average molecular weight is 247 g/mol. The number of nitrogen functional groups attached to an aromatic ring is 1. The summed E-state index contributed by atoms with van der Waals surface area (Å²) in [6.45, 7) is 0. The number of thiazole rings is 1. The Morgan fingerprint density at radius 1 is 1.25 bits per heavy atom. The van der Waals surface area contributed by atoms with Gasteiger partial charge in [-0.25, -0.2) is 4.98 Å². The van der Waals surface area contributed by atoms with Crippen molar-refractivity contribution in [2.24, 2.45) is 0 Å². The van der Waals surface area contributed by atoms with Gasteiger partial charge in [-0.2, -0.15) is 11.3 Å². The van der Waals surface area contributed by atoms with Gasteiger partial charge in [-0.1, -0.05) is 11.3 Å². The van der Waals surface area contributed by atoms with Crippen molar-refractivity contribution in [1.29, 1.82) is 0 Å². The molecule has 2 heterocycles. The van der Waals surface area contributed by atoms with Crippen LogP contribution in [-0.4, -0.2) is 4.98 Å². The fraction of sp³-hybridized carbons (Fsp3) is 0. The van der Waals surface area contributed by atoms with Crippen LogP contribution >= 0.6 is 22.7 Å². The Morgan fingerprint density at radius 3 is 3.00 bits per heavy atom. The van der Waals surface area contributed by atoms with Crippen molar-refractivity contribution < 1.29 is 0 Å². The predicted octanol–water partition coefficient (Wildman–Crippen LogP) is 3.68. The maximum absolute atomic E-state index is 5.73. The van der Waals surface area contributed by atoms with Crippen molar-refractivity contribution in [3.05, 3.63) is 35.0 Å². The first-order chi connectivity index (χ1) is 7.81. The summed E-state index contributed by atoms with van der Waals surface area (Å²) in [5, 5.41) is 8.26. The minimum absolute atomic E-state index is 0.776. The number of nitrogens with two attached hydrogens (primary N) is 1. The van der Waals surface area contributed by atoms with Crippen LogP contribution in [0.1, 0.15) is 0 Å². The van der Waals surface area contributed by atoms with E-state index in [-0.39, 0.29) is 0 Å². The molecule has 0 radical (unpaired) electrons. The van der Waals surface area contributed by atoms with E-state index in [0.29, 0.717) is 0 Å². The van der Waals surface area contributed by atoms with Gasteiger partial charge in [-0.05, 0) is 29.6 Å². The summed E-state index contributed by atoms with van der Waals surface area (Å²) in [6.07, 6.45) is 0. The molecule has 80 valence electrons. The first-order valence-electron chi connectivity index (χ1n) is 4.76. The largest absolute Gasteiger partial charge is 0.399 e. The van der Waals surface area contributed by atoms with Gasteiger partial charge in [0.15, 0.2) is 5.13 Å². The smallest absolute Gasteiger partial charge is 0.188 e. The standard InChI is InChI=1S/C11H9N3S2/c12-7-1-2-9-10(5-7)16-11(14-9)13-8-3-4-15-6-8/h1-6H,12H2,(H,13,14). The molecule has 0 saturated heterocycles. The fourth-order valence-electron chi connectivity index (χ4n) is 1.45. The van der Waals surface area contributed by atoms with Crippen LogP contribution in [0.2, 0.25) is 0 Å². The summed E-state index contributed by atoms with van der Waals surface area (Å²) in [7, 11) is 0. The number of benzene rings is 1. The second kappa shape index (κ2) is 3.77. The van der Waals surface area contributed by atoms with Crippen LogP contribution in [0.5, 0.6) is 0 Å². The summed E-state index contributed by atoms with van der Waals surface area (Å²) in [4.78, 5) is 4.49. The molecule has 0 aliphatic heterocycles. The van der Waals surface area contributed by atoms with Crippen LogP contribution in [0.15, 0.2) is 35.0 Å². The highest BCUT2D eigenvalue weighted by atomic mass is 32.1. The van der Waals surface area contributed by atoms with Crippen LogP contribution in [-0.2, 0) is 0 Å². The SMILES string of the molecule is Nc1ccc2nc(Nc3ccsc3)sc2c1. The van der Waals surface area contributed by atoms with Crippen LogP contribution in [0.3, 0.4) is 0 Å². The van der Waals surface area contributed by atoms with E-state index in [2.05, 4.69) is 15.7 Å². The number of thiophene rings is 1. The lowest BCUT2D eigenvalue weighted by atomic mass is 10.3. The molecule has 1 aromatic carbocycles. The van der Waals surface area contributed by atoms with E-state index in [1.165, 1.54) is 0 Å². The zero-order valence-corrected chi connectivity index (χ0v) is 9.94. The molecule has 16 heavy (non-hydrogen) atoms. The van der Waals surface area contributed by atoms with Crippen molar-refractivity contribution >= 4 is 49.4 Å².